The number of hydrogen-bond acceptors (Lipinski definition) is 8. The Hall–Kier alpha value is -7.98. The Bertz CT molecular complexity index is 2820. The summed E-state index contributed by atoms with van der Waals surface area (Å²) >= 11 is 0. The summed E-state index contributed by atoms with van der Waals surface area (Å²) < 4.78 is 21.0. The molecule has 0 fully saturated rings. The van der Waals surface area contributed by atoms with Gasteiger partial charge in [0.15, 0.2) is 0 Å². The largest absolute Gasteiger partial charge is 0.497 e. The fourth-order valence-electron chi connectivity index (χ4n) is 7.72. The molecule has 8 bridgehead atoms. The maximum Gasteiger partial charge on any atom is 0.337 e. The van der Waals surface area contributed by atoms with Gasteiger partial charge < -0.3 is 28.9 Å². The molecule has 294 valence electrons. The highest BCUT2D eigenvalue weighted by Crippen LogP contribution is 2.39. The van der Waals surface area contributed by atoms with E-state index < -0.39 is 11.9 Å². The van der Waals surface area contributed by atoms with Crippen molar-refractivity contribution in [3.63, 3.8) is 0 Å². The van der Waals surface area contributed by atoms with E-state index in [-0.39, 0.29) is 0 Å². The third kappa shape index (κ3) is 6.90. The predicted molar refractivity (Wildman–Crippen MR) is 236 cm³/mol. The molecule has 0 spiro atoms. The number of benzene rings is 4. The lowest BCUT2D eigenvalue weighted by Crippen LogP contribution is -2.00. The van der Waals surface area contributed by atoms with Gasteiger partial charge in [-0.05, 0) is 119 Å². The van der Waals surface area contributed by atoms with E-state index in [1.165, 1.54) is 14.2 Å². The molecule has 4 aromatic carbocycles. The van der Waals surface area contributed by atoms with E-state index in [1.807, 2.05) is 109 Å². The van der Waals surface area contributed by atoms with Gasteiger partial charge in [0, 0.05) is 44.3 Å². The summed E-state index contributed by atoms with van der Waals surface area (Å²) in [6.45, 7) is 0. The van der Waals surface area contributed by atoms with Crippen LogP contribution in [0.25, 0.3) is 90.9 Å². The topological polar surface area (TPSA) is 128 Å². The monoisotopic (exact) mass is 790 g/mol. The van der Waals surface area contributed by atoms with Crippen LogP contribution < -0.4 is 9.47 Å². The van der Waals surface area contributed by atoms with Crippen molar-refractivity contribution >= 4 is 58.3 Å². The molecule has 0 amide bonds. The molecule has 0 atom stereocenters. The number of carbonyl (C=O) groups is 2. The van der Waals surface area contributed by atoms with Crippen molar-refractivity contribution in [1.82, 2.24) is 19.9 Å². The van der Waals surface area contributed by atoms with Gasteiger partial charge in [0.25, 0.3) is 0 Å². The van der Waals surface area contributed by atoms with Gasteiger partial charge in [-0.15, -0.1) is 0 Å². The molecular formula is C50H38N4O6. The first-order valence-electron chi connectivity index (χ1n) is 19.2. The highest BCUT2D eigenvalue weighted by atomic mass is 16.5. The first-order chi connectivity index (χ1) is 29.3. The zero-order valence-corrected chi connectivity index (χ0v) is 33.2. The van der Waals surface area contributed by atoms with Gasteiger partial charge in [-0.3, -0.25) is 0 Å². The zero-order valence-electron chi connectivity index (χ0n) is 33.2. The zero-order chi connectivity index (χ0) is 41.3. The van der Waals surface area contributed by atoms with Gasteiger partial charge in [-0.1, -0.05) is 48.5 Å². The second-order valence-electron chi connectivity index (χ2n) is 14.1. The maximum absolute atomic E-state index is 12.4. The molecule has 2 aliphatic rings. The highest BCUT2D eigenvalue weighted by Gasteiger charge is 2.20. The van der Waals surface area contributed by atoms with E-state index in [9.17, 15) is 9.59 Å². The van der Waals surface area contributed by atoms with Gasteiger partial charge in [0.1, 0.15) is 11.5 Å². The Kier molecular flexibility index (Phi) is 9.87. The number of aromatic nitrogens is 4. The number of carbonyl (C=O) groups excluding carboxylic acids is 2. The molecule has 7 aromatic rings. The molecule has 10 heteroatoms. The Morgan fingerprint density at radius 1 is 0.383 bits per heavy atom. The van der Waals surface area contributed by atoms with Gasteiger partial charge in [0.05, 0.1) is 62.3 Å². The van der Waals surface area contributed by atoms with E-state index in [0.29, 0.717) is 11.1 Å². The number of ether oxygens (including phenoxy) is 4. The van der Waals surface area contributed by atoms with Gasteiger partial charge in [-0.25, -0.2) is 19.6 Å². The molecule has 5 heterocycles. The van der Waals surface area contributed by atoms with Crippen LogP contribution in [0.5, 0.6) is 11.5 Å². The van der Waals surface area contributed by atoms with Crippen LogP contribution in [0.4, 0.5) is 0 Å². The number of methoxy groups -OCH3 is 4. The molecule has 10 nitrogen and oxygen atoms in total. The minimum Gasteiger partial charge on any atom is -0.497 e. The van der Waals surface area contributed by atoms with E-state index in [4.69, 9.17) is 28.9 Å². The van der Waals surface area contributed by atoms with Crippen LogP contribution in [0, 0.1) is 0 Å². The van der Waals surface area contributed by atoms with Crippen LogP contribution in [-0.2, 0) is 9.47 Å². The number of aromatic amines is 2. The number of nitrogens with zero attached hydrogens (tertiary/aromatic N) is 2. The van der Waals surface area contributed by atoms with Crippen LogP contribution in [0.1, 0.15) is 43.5 Å². The summed E-state index contributed by atoms with van der Waals surface area (Å²) in [7, 11) is 6.04. The molecule has 2 aliphatic heterocycles. The van der Waals surface area contributed by atoms with Crippen molar-refractivity contribution < 1.29 is 28.5 Å². The van der Waals surface area contributed by atoms with Crippen molar-refractivity contribution in [3.8, 4) is 56.0 Å². The average molecular weight is 791 g/mol. The second-order valence-corrected chi connectivity index (χ2v) is 14.1. The summed E-state index contributed by atoms with van der Waals surface area (Å²) in [6, 6.07) is 38.7. The second kappa shape index (κ2) is 15.8. The van der Waals surface area contributed by atoms with E-state index in [0.717, 1.165) is 101 Å². The van der Waals surface area contributed by atoms with Crippen molar-refractivity contribution in [2.75, 3.05) is 28.4 Å². The number of esters is 2. The lowest BCUT2D eigenvalue weighted by atomic mass is 10.0. The Balaban J connectivity index is 1.42. The highest BCUT2D eigenvalue weighted by molar-refractivity contribution is 6.00. The normalized spacial score (nSPS) is 11.7. The molecule has 0 saturated heterocycles. The van der Waals surface area contributed by atoms with Crippen LogP contribution >= 0.6 is 0 Å². The summed E-state index contributed by atoms with van der Waals surface area (Å²) in [4.78, 5) is 43.0. The Labute approximate surface area is 345 Å². The van der Waals surface area contributed by atoms with Crippen molar-refractivity contribution in [3.05, 3.63) is 155 Å². The molecular weight excluding hydrogens is 753 g/mol. The Morgan fingerprint density at radius 3 is 0.900 bits per heavy atom. The summed E-state index contributed by atoms with van der Waals surface area (Å²) in [5, 5.41) is 0. The third-order valence-electron chi connectivity index (χ3n) is 10.7. The fraction of sp³-hybridized carbons (Fsp3) is 0.0800. The van der Waals surface area contributed by atoms with Crippen molar-refractivity contribution in [2.24, 2.45) is 0 Å². The van der Waals surface area contributed by atoms with Crippen molar-refractivity contribution in [1.29, 1.82) is 0 Å². The summed E-state index contributed by atoms with van der Waals surface area (Å²) in [5.41, 5.74) is 14.1. The number of fused-ring (bicyclic) bond motifs is 8. The Morgan fingerprint density at radius 2 is 0.650 bits per heavy atom. The van der Waals surface area contributed by atoms with Crippen LogP contribution in [0.2, 0.25) is 0 Å². The molecule has 0 aliphatic carbocycles. The van der Waals surface area contributed by atoms with Gasteiger partial charge in [-0.2, -0.15) is 0 Å². The summed E-state index contributed by atoms with van der Waals surface area (Å²) in [6.07, 6.45) is 8.08. The van der Waals surface area contributed by atoms with E-state index >= 15 is 0 Å². The van der Waals surface area contributed by atoms with Crippen LogP contribution in [0.15, 0.2) is 121 Å². The predicted octanol–water partition coefficient (Wildman–Crippen LogP) is 10.9. The standard InChI is InChI=1S/C50H38N4O6/c1-57-35-17-13-31(14-18-35)47-41-25-21-37(51-41)45(29-5-9-33(10-6-29)49(55)59-3)39-23-27-43(53-39)48(32-15-19-36(58-2)20-16-32)44-28-24-40(54-44)46(38-22-26-42(47)52-38)30-7-11-34(12-8-30)50(56)60-4/h5-28,51,54H,1-4H3. The lowest BCUT2D eigenvalue weighted by Gasteiger charge is -2.08. The first kappa shape index (κ1) is 37.6. The fourth-order valence-corrected chi connectivity index (χ4v) is 7.72. The van der Waals surface area contributed by atoms with Crippen LogP contribution in [-0.4, -0.2) is 60.3 Å². The molecule has 2 N–H and O–H groups in total. The number of hydrogen-bond donors (Lipinski definition) is 2. The quantitative estimate of drug-likeness (QED) is 0.146. The minimum atomic E-state index is -0.414. The smallest absolute Gasteiger partial charge is 0.337 e. The number of nitrogens with one attached hydrogen (secondary N) is 2. The molecule has 0 saturated carbocycles. The average Bonchev–Trinajstić information content (AvgIpc) is 4.15. The molecule has 9 rings (SSSR count). The van der Waals surface area contributed by atoms with Gasteiger partial charge in [0.2, 0.25) is 0 Å². The van der Waals surface area contributed by atoms with E-state index in [1.54, 1.807) is 38.5 Å². The number of H-pyrrole nitrogens is 2. The molecule has 3 aromatic heterocycles. The van der Waals surface area contributed by atoms with E-state index in [2.05, 4.69) is 22.1 Å². The summed E-state index contributed by atoms with van der Waals surface area (Å²) in [5.74, 6) is 0.644. The third-order valence-corrected chi connectivity index (χ3v) is 10.7. The number of rotatable bonds is 8. The maximum atomic E-state index is 12.4. The van der Waals surface area contributed by atoms with Crippen molar-refractivity contribution in [2.45, 2.75) is 0 Å². The molecule has 0 unspecified atom stereocenters. The molecule has 0 radical (unpaired) electrons. The van der Waals surface area contributed by atoms with Crippen LogP contribution in [0.3, 0.4) is 0 Å². The first-order valence-corrected chi connectivity index (χ1v) is 19.2. The molecule has 60 heavy (non-hydrogen) atoms. The minimum absolute atomic E-state index is 0.414. The SMILES string of the molecule is COC(=O)c1ccc(-c2c3nc(c(-c4ccc(OC)cc4)c4ccc([nH]4)c(-c4ccc(C(=O)OC)cc4)c4nc(c(-c5ccc(OC)cc5)c5ccc2[nH]5)C=C4)C=C3)cc1. The lowest BCUT2D eigenvalue weighted by molar-refractivity contribution is 0.0592. The van der Waals surface area contributed by atoms with Gasteiger partial charge >= 0.3 is 11.9 Å².